The summed E-state index contributed by atoms with van der Waals surface area (Å²) in [6.07, 6.45) is 4.17. The summed E-state index contributed by atoms with van der Waals surface area (Å²) < 4.78 is 20.1. The molecule has 0 bridgehead atoms. The van der Waals surface area contributed by atoms with Crippen LogP contribution < -0.4 is 15.4 Å². The average molecular weight is 377 g/mol. The maximum Gasteiger partial charge on any atom is 0.191 e. The number of benzene rings is 1. The van der Waals surface area contributed by atoms with Crippen LogP contribution in [0.15, 0.2) is 41.7 Å². The molecule has 1 heterocycles. The first-order chi connectivity index (χ1) is 12.9. The molecule has 3 N–H and O–H groups in total. The van der Waals surface area contributed by atoms with Gasteiger partial charge in [-0.2, -0.15) is 5.10 Å². The number of hydrogen-bond donors (Lipinski definition) is 3. The van der Waals surface area contributed by atoms with E-state index in [9.17, 15) is 9.50 Å². The Hall–Kier alpha value is -2.61. The average Bonchev–Trinajstić information content (AvgIpc) is 3.08. The van der Waals surface area contributed by atoms with Crippen LogP contribution in [0, 0.1) is 5.82 Å². The SMILES string of the molecule is CCNC(=NCC(C)(O)c1cnn(C)c1)NCCCOc1ccc(F)cc1. The molecule has 0 aliphatic rings. The highest BCUT2D eigenvalue weighted by Crippen LogP contribution is 2.19. The number of hydrogen-bond acceptors (Lipinski definition) is 4. The van der Waals surface area contributed by atoms with Crippen molar-refractivity contribution in [3.8, 4) is 5.75 Å². The molecule has 1 aromatic heterocycles. The van der Waals surface area contributed by atoms with E-state index in [-0.39, 0.29) is 12.4 Å². The number of aliphatic imine (C=N–C) groups is 1. The van der Waals surface area contributed by atoms with Crippen LogP contribution in [-0.2, 0) is 12.6 Å². The van der Waals surface area contributed by atoms with Crippen LogP contribution in [0.3, 0.4) is 0 Å². The number of nitrogens with one attached hydrogen (secondary N) is 2. The molecule has 0 radical (unpaired) electrons. The van der Waals surface area contributed by atoms with Gasteiger partial charge in [-0.25, -0.2) is 9.38 Å². The second kappa shape index (κ2) is 9.91. The van der Waals surface area contributed by atoms with E-state index >= 15 is 0 Å². The maximum atomic E-state index is 12.8. The Bertz CT molecular complexity index is 728. The van der Waals surface area contributed by atoms with E-state index in [1.54, 1.807) is 36.1 Å². The second-order valence-corrected chi connectivity index (χ2v) is 6.45. The summed E-state index contributed by atoms with van der Waals surface area (Å²) in [6, 6.07) is 5.96. The Balaban J connectivity index is 1.78. The molecule has 2 aromatic rings. The molecule has 1 unspecified atom stereocenters. The zero-order valence-corrected chi connectivity index (χ0v) is 16.1. The summed E-state index contributed by atoms with van der Waals surface area (Å²) in [4.78, 5) is 4.46. The molecule has 0 aliphatic carbocycles. The van der Waals surface area contributed by atoms with Gasteiger partial charge in [0.1, 0.15) is 17.2 Å². The lowest BCUT2D eigenvalue weighted by Crippen LogP contribution is -2.39. The van der Waals surface area contributed by atoms with Crippen molar-refractivity contribution in [2.75, 3.05) is 26.2 Å². The number of halogens is 1. The van der Waals surface area contributed by atoms with Gasteiger partial charge in [-0.1, -0.05) is 0 Å². The minimum absolute atomic E-state index is 0.208. The summed E-state index contributed by atoms with van der Waals surface area (Å²) >= 11 is 0. The normalized spacial score (nSPS) is 13.9. The van der Waals surface area contributed by atoms with Crippen molar-refractivity contribution < 1.29 is 14.2 Å². The van der Waals surface area contributed by atoms with E-state index < -0.39 is 5.60 Å². The maximum absolute atomic E-state index is 12.8. The number of ether oxygens (including phenoxy) is 1. The lowest BCUT2D eigenvalue weighted by Gasteiger charge is -2.20. The molecule has 0 amide bonds. The number of aliphatic hydroxyl groups is 1. The third-order valence-electron chi connectivity index (χ3n) is 3.91. The molecule has 2 rings (SSSR count). The van der Waals surface area contributed by atoms with E-state index in [1.807, 2.05) is 14.0 Å². The summed E-state index contributed by atoms with van der Waals surface area (Å²) in [5.41, 5.74) is -0.375. The lowest BCUT2D eigenvalue weighted by molar-refractivity contribution is 0.0672. The summed E-state index contributed by atoms with van der Waals surface area (Å²) in [5.74, 6) is 0.991. The third-order valence-corrected chi connectivity index (χ3v) is 3.91. The van der Waals surface area contributed by atoms with Crippen molar-refractivity contribution in [1.29, 1.82) is 0 Å². The molecule has 0 aliphatic heterocycles. The largest absolute Gasteiger partial charge is 0.494 e. The number of rotatable bonds is 9. The number of guanidine groups is 1. The van der Waals surface area contributed by atoms with Crippen LogP contribution in [0.5, 0.6) is 5.75 Å². The molecule has 27 heavy (non-hydrogen) atoms. The highest BCUT2D eigenvalue weighted by Gasteiger charge is 2.24. The van der Waals surface area contributed by atoms with Gasteiger partial charge in [0.25, 0.3) is 0 Å². The van der Waals surface area contributed by atoms with Crippen LogP contribution >= 0.6 is 0 Å². The molecule has 7 nitrogen and oxygen atoms in total. The molecule has 0 saturated heterocycles. The monoisotopic (exact) mass is 377 g/mol. The molecule has 0 fully saturated rings. The Morgan fingerprint density at radius 1 is 1.33 bits per heavy atom. The van der Waals surface area contributed by atoms with Crippen LogP contribution in [0.2, 0.25) is 0 Å². The highest BCUT2D eigenvalue weighted by atomic mass is 19.1. The Labute approximate surface area is 159 Å². The van der Waals surface area contributed by atoms with E-state index in [2.05, 4.69) is 20.7 Å². The molecule has 1 aromatic carbocycles. The van der Waals surface area contributed by atoms with Crippen LogP contribution in [0.1, 0.15) is 25.8 Å². The second-order valence-electron chi connectivity index (χ2n) is 6.45. The van der Waals surface area contributed by atoms with E-state index in [4.69, 9.17) is 4.74 Å². The molecule has 148 valence electrons. The predicted octanol–water partition coefficient (Wildman–Crippen LogP) is 1.79. The van der Waals surface area contributed by atoms with Crippen LogP contribution in [-0.4, -0.2) is 47.1 Å². The predicted molar refractivity (Wildman–Crippen MR) is 103 cm³/mol. The van der Waals surface area contributed by atoms with Gasteiger partial charge >= 0.3 is 0 Å². The minimum Gasteiger partial charge on any atom is -0.494 e. The molecule has 1 atom stereocenters. The first-order valence-corrected chi connectivity index (χ1v) is 9.03. The standard InChI is InChI=1S/C19H28FN5O2/c1-4-21-18(23-14-19(2,26)15-12-24-25(3)13-15)22-10-5-11-27-17-8-6-16(20)7-9-17/h6-9,12-13,26H,4-5,10-11,14H2,1-3H3,(H2,21,22,23). The van der Waals surface area contributed by atoms with Gasteiger partial charge in [0.2, 0.25) is 0 Å². The number of aryl methyl sites for hydroxylation is 1. The molecule has 0 saturated carbocycles. The third kappa shape index (κ3) is 6.90. The van der Waals surface area contributed by atoms with Crippen molar-refractivity contribution in [3.63, 3.8) is 0 Å². The number of aromatic nitrogens is 2. The summed E-state index contributed by atoms with van der Waals surface area (Å²) in [6.45, 7) is 5.78. The Kier molecular flexibility index (Phi) is 7.60. The van der Waals surface area contributed by atoms with E-state index in [1.165, 1.54) is 12.1 Å². The first kappa shape index (κ1) is 20.7. The molecular weight excluding hydrogens is 349 g/mol. The van der Waals surface area contributed by atoms with Crippen molar-refractivity contribution in [2.24, 2.45) is 12.0 Å². The van der Waals surface area contributed by atoms with Crippen LogP contribution in [0.4, 0.5) is 4.39 Å². The van der Waals surface area contributed by atoms with Gasteiger partial charge in [0, 0.05) is 31.9 Å². The zero-order chi connectivity index (χ0) is 19.7. The minimum atomic E-state index is -1.09. The Morgan fingerprint density at radius 3 is 2.70 bits per heavy atom. The topological polar surface area (TPSA) is 83.7 Å². The van der Waals surface area contributed by atoms with Gasteiger partial charge in [-0.15, -0.1) is 0 Å². The van der Waals surface area contributed by atoms with Crippen molar-refractivity contribution in [1.82, 2.24) is 20.4 Å². The first-order valence-electron chi connectivity index (χ1n) is 9.03. The fourth-order valence-corrected chi connectivity index (χ4v) is 2.37. The summed E-state index contributed by atoms with van der Waals surface area (Å²) in [7, 11) is 1.81. The highest BCUT2D eigenvalue weighted by molar-refractivity contribution is 5.79. The fraction of sp³-hybridized carbons (Fsp3) is 0.474. The number of nitrogens with zero attached hydrogens (tertiary/aromatic N) is 3. The molecular formula is C19H28FN5O2. The lowest BCUT2D eigenvalue weighted by atomic mass is 10.0. The quantitative estimate of drug-likeness (QED) is 0.353. The zero-order valence-electron chi connectivity index (χ0n) is 16.1. The van der Waals surface area contributed by atoms with Gasteiger partial charge in [-0.3, -0.25) is 4.68 Å². The fourth-order valence-electron chi connectivity index (χ4n) is 2.37. The van der Waals surface area contributed by atoms with Gasteiger partial charge in [0.15, 0.2) is 5.96 Å². The van der Waals surface area contributed by atoms with Crippen molar-refractivity contribution >= 4 is 5.96 Å². The Morgan fingerprint density at radius 2 is 2.07 bits per heavy atom. The van der Waals surface area contributed by atoms with E-state index in [0.29, 0.717) is 31.4 Å². The van der Waals surface area contributed by atoms with Gasteiger partial charge < -0.3 is 20.5 Å². The molecule has 8 heteroatoms. The van der Waals surface area contributed by atoms with E-state index in [0.717, 1.165) is 12.0 Å². The molecule has 0 spiro atoms. The summed E-state index contributed by atoms with van der Waals surface area (Å²) in [5, 5.41) is 21.1. The van der Waals surface area contributed by atoms with Crippen molar-refractivity contribution in [2.45, 2.75) is 25.9 Å². The van der Waals surface area contributed by atoms with Gasteiger partial charge in [0.05, 0.1) is 19.3 Å². The van der Waals surface area contributed by atoms with Crippen molar-refractivity contribution in [3.05, 3.63) is 48.0 Å². The van der Waals surface area contributed by atoms with Gasteiger partial charge in [-0.05, 0) is 44.5 Å². The smallest absolute Gasteiger partial charge is 0.191 e. The van der Waals surface area contributed by atoms with Crippen LogP contribution in [0.25, 0.3) is 0 Å².